The average molecular weight is 326 g/mol. The molecule has 18 heavy (non-hydrogen) atoms. The van der Waals surface area contributed by atoms with Crippen LogP contribution in [0.4, 0.5) is 13.2 Å². The zero-order valence-electron chi connectivity index (χ0n) is 10.1. The molecular formula is C12H15BrF3NO. The number of halogens is 4. The maximum absolute atomic E-state index is 11.9. The summed E-state index contributed by atoms with van der Waals surface area (Å²) in [6, 6.07) is 3.20. The van der Waals surface area contributed by atoms with Crippen molar-refractivity contribution >= 4 is 15.9 Å². The number of benzene rings is 1. The van der Waals surface area contributed by atoms with Gasteiger partial charge in [0.2, 0.25) is 0 Å². The van der Waals surface area contributed by atoms with Crippen LogP contribution in [-0.2, 0) is 4.74 Å². The van der Waals surface area contributed by atoms with Crippen molar-refractivity contribution in [3.63, 3.8) is 0 Å². The molecule has 2 nitrogen and oxygen atoms in total. The summed E-state index contributed by atoms with van der Waals surface area (Å²) < 4.78 is 41.3. The van der Waals surface area contributed by atoms with Crippen LogP contribution in [0.15, 0.2) is 16.6 Å². The first-order chi connectivity index (χ1) is 8.20. The number of hydrogen-bond acceptors (Lipinski definition) is 2. The molecule has 1 aromatic rings. The Bertz CT molecular complexity index is 421. The molecule has 0 saturated carbocycles. The molecule has 6 heteroatoms. The number of ether oxygens (including phenoxy) is 1. The molecule has 0 aliphatic carbocycles. The molecule has 0 amide bonds. The van der Waals surface area contributed by atoms with E-state index in [1.165, 1.54) is 0 Å². The van der Waals surface area contributed by atoms with Crippen molar-refractivity contribution in [1.29, 1.82) is 0 Å². The van der Waals surface area contributed by atoms with Gasteiger partial charge in [0.15, 0.2) is 0 Å². The van der Waals surface area contributed by atoms with E-state index in [9.17, 15) is 13.2 Å². The SMILES string of the molecule is Cc1cc(C(N)COCC(F)(F)F)c(C)cc1Br. The van der Waals surface area contributed by atoms with Crippen LogP contribution < -0.4 is 5.73 Å². The molecule has 0 aliphatic rings. The van der Waals surface area contributed by atoms with E-state index < -0.39 is 18.8 Å². The summed E-state index contributed by atoms with van der Waals surface area (Å²) in [5.74, 6) is 0. The number of aryl methyl sites for hydroxylation is 2. The molecule has 1 unspecified atom stereocenters. The first kappa shape index (κ1) is 15.5. The standard InChI is InChI=1S/C12H15BrF3NO/c1-7-4-10(13)8(2)3-9(7)11(17)5-18-6-12(14,15)16/h3-4,11H,5-6,17H2,1-2H3. The summed E-state index contributed by atoms with van der Waals surface area (Å²) in [5.41, 5.74) is 8.55. The minimum Gasteiger partial charge on any atom is -0.370 e. The highest BCUT2D eigenvalue weighted by Crippen LogP contribution is 2.25. The van der Waals surface area contributed by atoms with Gasteiger partial charge in [0, 0.05) is 4.47 Å². The molecule has 1 atom stereocenters. The third kappa shape index (κ3) is 4.59. The van der Waals surface area contributed by atoms with E-state index in [-0.39, 0.29) is 6.61 Å². The van der Waals surface area contributed by atoms with Gasteiger partial charge in [-0.25, -0.2) is 0 Å². The second kappa shape index (κ2) is 6.04. The largest absolute Gasteiger partial charge is 0.411 e. The quantitative estimate of drug-likeness (QED) is 0.917. The van der Waals surface area contributed by atoms with Crippen molar-refractivity contribution in [3.8, 4) is 0 Å². The van der Waals surface area contributed by atoms with Gasteiger partial charge in [-0.05, 0) is 36.6 Å². The number of nitrogens with two attached hydrogens (primary N) is 1. The van der Waals surface area contributed by atoms with E-state index in [1.807, 2.05) is 26.0 Å². The normalized spacial score (nSPS) is 13.7. The summed E-state index contributed by atoms with van der Waals surface area (Å²) in [6.45, 7) is 2.34. The van der Waals surface area contributed by atoms with Crippen LogP contribution in [0.3, 0.4) is 0 Å². The predicted octanol–water partition coefficient (Wildman–Crippen LogP) is 3.64. The Kier molecular flexibility index (Phi) is 5.19. The third-order valence-corrected chi connectivity index (χ3v) is 3.36. The van der Waals surface area contributed by atoms with Crippen LogP contribution >= 0.6 is 15.9 Å². The highest BCUT2D eigenvalue weighted by Gasteiger charge is 2.27. The van der Waals surface area contributed by atoms with Gasteiger partial charge in [0.1, 0.15) is 6.61 Å². The van der Waals surface area contributed by atoms with Crippen molar-refractivity contribution in [2.24, 2.45) is 5.73 Å². The number of alkyl halides is 3. The van der Waals surface area contributed by atoms with Gasteiger partial charge in [-0.2, -0.15) is 13.2 Å². The van der Waals surface area contributed by atoms with Crippen molar-refractivity contribution in [1.82, 2.24) is 0 Å². The summed E-state index contributed by atoms with van der Waals surface area (Å²) in [6.07, 6.45) is -4.32. The molecule has 1 rings (SSSR count). The van der Waals surface area contributed by atoms with E-state index in [0.717, 1.165) is 21.2 Å². The fourth-order valence-electron chi connectivity index (χ4n) is 1.59. The lowest BCUT2D eigenvalue weighted by atomic mass is 10.00. The van der Waals surface area contributed by atoms with Gasteiger partial charge < -0.3 is 10.5 Å². The average Bonchev–Trinajstić information content (AvgIpc) is 2.21. The first-order valence-electron chi connectivity index (χ1n) is 5.37. The van der Waals surface area contributed by atoms with Crippen LogP contribution in [0, 0.1) is 13.8 Å². The zero-order valence-corrected chi connectivity index (χ0v) is 11.7. The molecular weight excluding hydrogens is 311 g/mol. The molecule has 1 aromatic carbocycles. The van der Waals surface area contributed by atoms with Crippen LogP contribution in [0.5, 0.6) is 0 Å². The maximum atomic E-state index is 11.9. The van der Waals surface area contributed by atoms with Crippen molar-refractivity contribution in [3.05, 3.63) is 33.3 Å². The smallest absolute Gasteiger partial charge is 0.370 e. The van der Waals surface area contributed by atoms with Gasteiger partial charge >= 0.3 is 6.18 Å². The Labute approximate surface area is 112 Å². The Morgan fingerprint density at radius 2 is 1.89 bits per heavy atom. The van der Waals surface area contributed by atoms with E-state index >= 15 is 0 Å². The van der Waals surface area contributed by atoms with E-state index in [1.54, 1.807) is 0 Å². The van der Waals surface area contributed by atoms with Crippen molar-refractivity contribution < 1.29 is 17.9 Å². The molecule has 0 aliphatic heterocycles. The summed E-state index contributed by atoms with van der Waals surface area (Å²) in [7, 11) is 0. The summed E-state index contributed by atoms with van der Waals surface area (Å²) >= 11 is 3.39. The third-order valence-electron chi connectivity index (χ3n) is 2.51. The van der Waals surface area contributed by atoms with Crippen LogP contribution in [0.1, 0.15) is 22.7 Å². The van der Waals surface area contributed by atoms with Crippen molar-refractivity contribution in [2.45, 2.75) is 26.1 Å². The Hall–Kier alpha value is -0.590. The Morgan fingerprint density at radius 1 is 1.28 bits per heavy atom. The van der Waals surface area contributed by atoms with Crippen LogP contribution in [0.25, 0.3) is 0 Å². The van der Waals surface area contributed by atoms with Gasteiger partial charge in [-0.1, -0.05) is 22.0 Å². The lowest BCUT2D eigenvalue weighted by Gasteiger charge is -2.17. The Morgan fingerprint density at radius 3 is 2.44 bits per heavy atom. The lowest BCUT2D eigenvalue weighted by Crippen LogP contribution is -2.23. The minimum absolute atomic E-state index is 0.151. The van der Waals surface area contributed by atoms with Gasteiger partial charge in [0.25, 0.3) is 0 Å². The zero-order chi connectivity index (χ0) is 13.9. The Balaban J connectivity index is 2.67. The van der Waals surface area contributed by atoms with Crippen LogP contribution in [0.2, 0.25) is 0 Å². The molecule has 0 radical (unpaired) electrons. The fraction of sp³-hybridized carbons (Fsp3) is 0.500. The van der Waals surface area contributed by atoms with E-state index in [0.29, 0.717) is 0 Å². The molecule has 0 saturated heterocycles. The highest BCUT2D eigenvalue weighted by molar-refractivity contribution is 9.10. The minimum atomic E-state index is -4.32. The van der Waals surface area contributed by atoms with E-state index in [4.69, 9.17) is 5.73 Å². The molecule has 0 fully saturated rings. The topological polar surface area (TPSA) is 35.2 Å². The number of rotatable bonds is 4. The number of hydrogen-bond donors (Lipinski definition) is 1. The molecule has 0 heterocycles. The van der Waals surface area contributed by atoms with Gasteiger partial charge in [0.05, 0.1) is 12.6 Å². The maximum Gasteiger partial charge on any atom is 0.411 e. The van der Waals surface area contributed by atoms with Crippen molar-refractivity contribution in [2.75, 3.05) is 13.2 Å². The fourth-order valence-corrected chi connectivity index (χ4v) is 2.05. The highest BCUT2D eigenvalue weighted by atomic mass is 79.9. The summed E-state index contributed by atoms with van der Waals surface area (Å²) in [4.78, 5) is 0. The molecule has 0 spiro atoms. The molecule has 2 N–H and O–H groups in total. The molecule has 0 bridgehead atoms. The molecule has 0 aromatic heterocycles. The lowest BCUT2D eigenvalue weighted by molar-refractivity contribution is -0.174. The second-order valence-electron chi connectivity index (χ2n) is 4.19. The molecule has 102 valence electrons. The monoisotopic (exact) mass is 325 g/mol. The van der Waals surface area contributed by atoms with Gasteiger partial charge in [-0.15, -0.1) is 0 Å². The van der Waals surface area contributed by atoms with Crippen LogP contribution in [-0.4, -0.2) is 19.4 Å². The first-order valence-corrected chi connectivity index (χ1v) is 6.16. The summed E-state index contributed by atoms with van der Waals surface area (Å²) in [5, 5.41) is 0. The second-order valence-corrected chi connectivity index (χ2v) is 5.05. The van der Waals surface area contributed by atoms with Gasteiger partial charge in [-0.3, -0.25) is 0 Å². The predicted molar refractivity (Wildman–Crippen MR) is 67.4 cm³/mol. The van der Waals surface area contributed by atoms with E-state index in [2.05, 4.69) is 20.7 Å².